The topological polar surface area (TPSA) is 112 Å². The highest BCUT2D eigenvalue weighted by Crippen LogP contribution is 2.44. The summed E-state index contributed by atoms with van der Waals surface area (Å²) in [5, 5.41) is 11.3. The SMILES string of the molecule is COc1ccc(N2C(=O)C(=O)/C(=C(\O)c3ccc4c(c3)OCO4)C2c2ccc(OC(C)=O)cc2)cc1. The molecule has 0 saturated carbocycles. The average molecular weight is 487 g/mol. The second-order valence-electron chi connectivity index (χ2n) is 8.10. The number of aliphatic hydroxyl groups excluding tert-OH is 1. The molecule has 2 aliphatic heterocycles. The fourth-order valence-corrected chi connectivity index (χ4v) is 4.24. The average Bonchev–Trinajstić information content (AvgIpc) is 3.46. The molecule has 36 heavy (non-hydrogen) atoms. The van der Waals surface area contributed by atoms with E-state index in [4.69, 9.17) is 18.9 Å². The van der Waals surface area contributed by atoms with Gasteiger partial charge in [0, 0.05) is 18.2 Å². The summed E-state index contributed by atoms with van der Waals surface area (Å²) in [5.41, 5.74) is 1.18. The van der Waals surface area contributed by atoms with Crippen LogP contribution in [-0.4, -0.2) is 36.7 Å². The number of benzene rings is 3. The number of ether oxygens (including phenoxy) is 4. The van der Waals surface area contributed by atoms with Gasteiger partial charge in [0.1, 0.15) is 17.3 Å². The van der Waals surface area contributed by atoms with Crippen molar-refractivity contribution in [3.8, 4) is 23.0 Å². The van der Waals surface area contributed by atoms with Gasteiger partial charge in [0.2, 0.25) is 6.79 Å². The van der Waals surface area contributed by atoms with E-state index in [9.17, 15) is 19.5 Å². The third kappa shape index (κ3) is 4.00. The van der Waals surface area contributed by atoms with Crippen LogP contribution in [0.15, 0.2) is 72.3 Å². The van der Waals surface area contributed by atoms with Gasteiger partial charge in [-0.2, -0.15) is 0 Å². The van der Waals surface area contributed by atoms with Crippen LogP contribution < -0.4 is 23.8 Å². The zero-order valence-electron chi connectivity index (χ0n) is 19.4. The van der Waals surface area contributed by atoms with Crippen molar-refractivity contribution in [2.24, 2.45) is 0 Å². The summed E-state index contributed by atoms with van der Waals surface area (Å²) in [4.78, 5) is 39.2. The third-order valence-electron chi connectivity index (χ3n) is 5.90. The van der Waals surface area contributed by atoms with Crippen molar-refractivity contribution >= 4 is 29.1 Å². The van der Waals surface area contributed by atoms with Gasteiger partial charge in [0.05, 0.1) is 18.7 Å². The molecule has 3 aromatic carbocycles. The summed E-state index contributed by atoms with van der Waals surface area (Å²) in [7, 11) is 1.53. The van der Waals surface area contributed by atoms with Gasteiger partial charge in [-0.3, -0.25) is 19.3 Å². The molecule has 2 aliphatic rings. The molecule has 1 N–H and O–H groups in total. The van der Waals surface area contributed by atoms with Crippen molar-refractivity contribution < 1.29 is 38.4 Å². The number of nitrogens with zero attached hydrogens (tertiary/aromatic N) is 1. The molecule has 1 amide bonds. The van der Waals surface area contributed by atoms with Gasteiger partial charge in [0.15, 0.2) is 11.5 Å². The van der Waals surface area contributed by atoms with Gasteiger partial charge >= 0.3 is 5.97 Å². The van der Waals surface area contributed by atoms with E-state index in [1.54, 1.807) is 66.7 Å². The zero-order chi connectivity index (χ0) is 25.4. The van der Waals surface area contributed by atoms with Gasteiger partial charge in [-0.1, -0.05) is 12.1 Å². The molecule has 0 radical (unpaired) electrons. The number of methoxy groups -OCH3 is 1. The quantitative estimate of drug-likeness (QED) is 0.189. The molecular weight excluding hydrogens is 466 g/mol. The molecule has 1 saturated heterocycles. The lowest BCUT2D eigenvalue weighted by Crippen LogP contribution is -2.29. The maximum Gasteiger partial charge on any atom is 0.308 e. The van der Waals surface area contributed by atoms with E-state index >= 15 is 0 Å². The Kier molecular flexibility index (Phi) is 5.81. The Balaban J connectivity index is 1.65. The maximum atomic E-state index is 13.3. The smallest absolute Gasteiger partial charge is 0.308 e. The summed E-state index contributed by atoms with van der Waals surface area (Å²) in [6, 6.07) is 16.9. The molecule has 2 heterocycles. The van der Waals surface area contributed by atoms with Crippen molar-refractivity contribution in [1.29, 1.82) is 0 Å². The van der Waals surface area contributed by atoms with Crippen LogP contribution >= 0.6 is 0 Å². The Morgan fingerprint density at radius 1 is 0.944 bits per heavy atom. The summed E-state index contributed by atoms with van der Waals surface area (Å²) in [6.07, 6.45) is 0. The van der Waals surface area contributed by atoms with Crippen LogP contribution in [0.1, 0.15) is 24.1 Å². The fourth-order valence-electron chi connectivity index (χ4n) is 4.24. The molecule has 0 aliphatic carbocycles. The van der Waals surface area contributed by atoms with Crippen molar-refractivity contribution in [3.63, 3.8) is 0 Å². The minimum atomic E-state index is -0.949. The van der Waals surface area contributed by atoms with E-state index in [1.807, 2.05) is 0 Å². The molecule has 9 nitrogen and oxygen atoms in total. The van der Waals surface area contributed by atoms with E-state index in [2.05, 4.69) is 0 Å². The lowest BCUT2D eigenvalue weighted by Gasteiger charge is -2.25. The number of amides is 1. The number of rotatable bonds is 5. The van der Waals surface area contributed by atoms with Crippen molar-refractivity contribution in [2.75, 3.05) is 18.8 Å². The first-order valence-electron chi connectivity index (χ1n) is 11.0. The number of esters is 1. The maximum absolute atomic E-state index is 13.3. The summed E-state index contributed by atoms with van der Waals surface area (Å²) in [6.45, 7) is 1.34. The predicted molar refractivity (Wildman–Crippen MR) is 128 cm³/mol. The number of ketones is 1. The minimum Gasteiger partial charge on any atom is -0.507 e. The molecular formula is C27H21NO8. The van der Waals surface area contributed by atoms with Crippen molar-refractivity contribution in [2.45, 2.75) is 13.0 Å². The van der Waals surface area contributed by atoms with E-state index in [0.29, 0.717) is 39.8 Å². The molecule has 3 aromatic rings. The second-order valence-corrected chi connectivity index (χ2v) is 8.10. The van der Waals surface area contributed by atoms with E-state index in [-0.39, 0.29) is 18.1 Å². The monoisotopic (exact) mass is 487 g/mol. The van der Waals surface area contributed by atoms with Crippen LogP contribution in [0.2, 0.25) is 0 Å². The summed E-state index contributed by atoms with van der Waals surface area (Å²) in [5.74, 6) is -0.631. The number of aliphatic hydroxyl groups is 1. The number of anilines is 1. The molecule has 1 atom stereocenters. The first kappa shape index (κ1) is 23.0. The zero-order valence-corrected chi connectivity index (χ0v) is 19.4. The number of carbonyl (C=O) groups excluding carboxylic acids is 3. The Morgan fingerprint density at radius 3 is 2.28 bits per heavy atom. The molecule has 0 bridgehead atoms. The van der Waals surface area contributed by atoms with Crippen molar-refractivity contribution in [3.05, 3.63) is 83.4 Å². The minimum absolute atomic E-state index is 0.0517. The lowest BCUT2D eigenvalue weighted by atomic mass is 9.95. The number of carbonyl (C=O) groups is 3. The highest BCUT2D eigenvalue weighted by atomic mass is 16.7. The van der Waals surface area contributed by atoms with Crippen LogP contribution in [0.5, 0.6) is 23.0 Å². The van der Waals surface area contributed by atoms with Crippen LogP contribution in [0.25, 0.3) is 5.76 Å². The third-order valence-corrected chi connectivity index (χ3v) is 5.90. The van der Waals surface area contributed by atoms with Gasteiger partial charge in [0.25, 0.3) is 11.7 Å². The van der Waals surface area contributed by atoms with E-state index in [0.717, 1.165) is 0 Å². The van der Waals surface area contributed by atoms with Gasteiger partial charge in [-0.15, -0.1) is 0 Å². The predicted octanol–water partition coefficient (Wildman–Crippen LogP) is 3.98. The van der Waals surface area contributed by atoms with Gasteiger partial charge in [-0.25, -0.2) is 0 Å². The molecule has 1 fully saturated rings. The first-order valence-corrected chi connectivity index (χ1v) is 11.0. The molecule has 0 spiro atoms. The normalized spacial score (nSPS) is 17.8. The second kappa shape index (κ2) is 9.10. The lowest BCUT2D eigenvalue weighted by molar-refractivity contribution is -0.132. The molecule has 182 valence electrons. The van der Waals surface area contributed by atoms with Crippen LogP contribution in [0.4, 0.5) is 5.69 Å². The standard InChI is InChI=1S/C27H21NO8/c1-15(29)36-20-8-3-16(4-9-20)24-23(25(30)17-5-12-21-22(13-17)35-14-34-21)26(31)27(32)28(24)18-6-10-19(33-2)11-7-18/h3-13,24,30H,14H2,1-2H3/b25-23-. The van der Waals surface area contributed by atoms with Crippen LogP contribution in [0.3, 0.4) is 0 Å². The van der Waals surface area contributed by atoms with Gasteiger partial charge in [-0.05, 0) is 60.2 Å². The Labute approximate surface area is 206 Å². The van der Waals surface area contributed by atoms with E-state index in [1.165, 1.54) is 18.9 Å². The number of Topliss-reactive ketones (excluding diaryl/α,β-unsaturated/α-hetero) is 1. The molecule has 1 unspecified atom stereocenters. The largest absolute Gasteiger partial charge is 0.507 e. The number of hydrogen-bond donors (Lipinski definition) is 1. The van der Waals surface area contributed by atoms with Crippen LogP contribution in [-0.2, 0) is 14.4 Å². The Hall–Kier alpha value is -4.79. The van der Waals surface area contributed by atoms with Crippen LogP contribution in [0, 0.1) is 0 Å². The fraction of sp³-hybridized carbons (Fsp3) is 0.148. The molecule has 9 heteroatoms. The molecule has 5 rings (SSSR count). The van der Waals surface area contributed by atoms with Gasteiger partial charge < -0.3 is 24.1 Å². The molecule has 0 aromatic heterocycles. The van der Waals surface area contributed by atoms with E-state index < -0.39 is 23.7 Å². The number of fused-ring (bicyclic) bond motifs is 1. The highest BCUT2D eigenvalue weighted by molar-refractivity contribution is 6.51. The summed E-state index contributed by atoms with van der Waals surface area (Å²) < 4.78 is 21.0. The number of hydrogen-bond acceptors (Lipinski definition) is 8. The van der Waals surface area contributed by atoms with Crippen molar-refractivity contribution in [1.82, 2.24) is 0 Å². The Morgan fingerprint density at radius 2 is 1.61 bits per heavy atom. The summed E-state index contributed by atoms with van der Waals surface area (Å²) >= 11 is 0. The Bertz CT molecular complexity index is 1390. The first-order chi connectivity index (χ1) is 17.4. The highest BCUT2D eigenvalue weighted by Gasteiger charge is 2.47.